The van der Waals surface area contributed by atoms with Crippen molar-refractivity contribution in [3.8, 4) is 5.88 Å². The number of hydrogen-bond acceptors (Lipinski definition) is 4. The molecule has 1 aromatic carbocycles. The lowest BCUT2D eigenvalue weighted by Crippen LogP contribution is -2.23. The Hall–Kier alpha value is -2.52. The number of aromatic nitrogens is 2. The highest BCUT2D eigenvalue weighted by molar-refractivity contribution is 5.57. The zero-order valence-corrected chi connectivity index (χ0v) is 13.1. The molecule has 2 rings (SSSR count). The maximum absolute atomic E-state index is 12.9. The van der Waals surface area contributed by atoms with Gasteiger partial charge in [0.05, 0.1) is 0 Å². The van der Waals surface area contributed by atoms with E-state index in [1.807, 2.05) is 6.92 Å². The van der Waals surface area contributed by atoms with Gasteiger partial charge in [-0.3, -0.25) is 0 Å². The van der Waals surface area contributed by atoms with Gasteiger partial charge in [0.15, 0.2) is 6.61 Å². The van der Waals surface area contributed by atoms with Gasteiger partial charge in [-0.15, -0.1) is 0 Å². The Bertz CT molecular complexity index is 728. The summed E-state index contributed by atoms with van der Waals surface area (Å²) in [7, 11) is 1.47. The molecule has 4 nitrogen and oxygen atoms in total. The fraction of sp³-hybridized carbons (Fsp3) is 0.333. The Kier molecular flexibility index (Phi) is 5.09. The molecule has 136 valence electrons. The molecule has 1 heterocycles. The highest BCUT2D eigenvalue weighted by Gasteiger charge is 2.38. The van der Waals surface area contributed by atoms with Crippen LogP contribution >= 0.6 is 0 Å². The molecule has 0 saturated heterocycles. The number of benzene rings is 1. The summed E-state index contributed by atoms with van der Waals surface area (Å²) in [5, 5.41) is 0. The van der Waals surface area contributed by atoms with Crippen LogP contribution in [0, 0.1) is 6.92 Å². The van der Waals surface area contributed by atoms with Gasteiger partial charge in [-0.1, -0.05) is 17.7 Å². The molecule has 25 heavy (non-hydrogen) atoms. The zero-order valence-electron chi connectivity index (χ0n) is 13.1. The van der Waals surface area contributed by atoms with Crippen LogP contribution in [0.1, 0.15) is 11.1 Å². The van der Waals surface area contributed by atoms with Gasteiger partial charge in [0.2, 0.25) is 11.8 Å². The summed E-state index contributed by atoms with van der Waals surface area (Å²) in [4.78, 5) is 8.43. The van der Waals surface area contributed by atoms with Gasteiger partial charge >= 0.3 is 12.4 Å². The van der Waals surface area contributed by atoms with E-state index < -0.39 is 30.4 Å². The number of anilines is 2. The van der Waals surface area contributed by atoms with E-state index in [0.717, 1.165) is 5.56 Å². The molecule has 0 aliphatic heterocycles. The second kappa shape index (κ2) is 6.77. The van der Waals surface area contributed by atoms with Gasteiger partial charge in [0.1, 0.15) is 5.56 Å². The van der Waals surface area contributed by atoms with Crippen LogP contribution in [0.15, 0.2) is 30.5 Å². The van der Waals surface area contributed by atoms with Crippen molar-refractivity contribution in [3.05, 3.63) is 41.6 Å². The predicted molar refractivity (Wildman–Crippen MR) is 77.8 cm³/mol. The van der Waals surface area contributed by atoms with Gasteiger partial charge in [0.25, 0.3) is 0 Å². The summed E-state index contributed by atoms with van der Waals surface area (Å²) in [6.45, 7) is -0.0394. The Labute approximate surface area is 139 Å². The van der Waals surface area contributed by atoms with Crippen molar-refractivity contribution in [2.45, 2.75) is 19.3 Å². The molecule has 0 spiro atoms. The minimum absolute atomic E-state index is 0.228. The van der Waals surface area contributed by atoms with E-state index in [4.69, 9.17) is 0 Å². The van der Waals surface area contributed by atoms with Crippen LogP contribution in [0.5, 0.6) is 5.88 Å². The third-order valence-electron chi connectivity index (χ3n) is 3.14. The molecular formula is C15H13F6N3O. The molecule has 0 N–H and O–H groups in total. The van der Waals surface area contributed by atoms with Crippen LogP contribution in [0.4, 0.5) is 38.0 Å². The zero-order chi connectivity index (χ0) is 18.8. The van der Waals surface area contributed by atoms with E-state index in [9.17, 15) is 26.3 Å². The molecule has 0 atom stereocenters. The average Bonchev–Trinajstić information content (AvgIpc) is 2.51. The van der Waals surface area contributed by atoms with Crippen molar-refractivity contribution in [3.63, 3.8) is 0 Å². The molecule has 1 aromatic heterocycles. The standard InChI is InChI=1S/C15H13F6N3O/c1-9-3-5-10(6-4-9)24(2)13-22-7-11(15(19,20)21)12(23-13)25-8-14(16,17)18/h3-7H,8H2,1-2H3. The number of aryl methyl sites for hydroxylation is 1. The molecule has 10 heteroatoms. The molecule has 0 radical (unpaired) electrons. The van der Waals surface area contributed by atoms with Crippen molar-refractivity contribution >= 4 is 11.6 Å². The Morgan fingerprint density at radius 3 is 2.16 bits per heavy atom. The van der Waals surface area contributed by atoms with Crippen molar-refractivity contribution < 1.29 is 31.1 Å². The lowest BCUT2D eigenvalue weighted by Gasteiger charge is -2.20. The van der Waals surface area contributed by atoms with E-state index in [1.165, 1.54) is 11.9 Å². The normalized spacial score (nSPS) is 12.2. The quantitative estimate of drug-likeness (QED) is 0.747. The molecule has 0 amide bonds. The molecule has 0 unspecified atom stereocenters. The topological polar surface area (TPSA) is 38.2 Å². The minimum Gasteiger partial charge on any atom is -0.467 e. The third kappa shape index (κ3) is 4.97. The fourth-order valence-electron chi connectivity index (χ4n) is 1.86. The Morgan fingerprint density at radius 1 is 1.04 bits per heavy atom. The van der Waals surface area contributed by atoms with E-state index in [2.05, 4.69) is 14.7 Å². The van der Waals surface area contributed by atoms with Crippen molar-refractivity contribution in [2.75, 3.05) is 18.6 Å². The number of alkyl halides is 6. The summed E-state index contributed by atoms with van der Waals surface area (Å²) in [6.07, 6.45) is -9.34. The Morgan fingerprint density at radius 2 is 1.64 bits per heavy atom. The van der Waals surface area contributed by atoms with E-state index in [1.54, 1.807) is 24.3 Å². The second-order valence-corrected chi connectivity index (χ2v) is 5.19. The summed E-state index contributed by atoms with van der Waals surface area (Å²) < 4.78 is 79.8. The first-order chi connectivity index (χ1) is 11.5. The first-order valence-corrected chi connectivity index (χ1v) is 6.91. The summed E-state index contributed by atoms with van der Waals surface area (Å²) in [5.74, 6) is -1.40. The van der Waals surface area contributed by atoms with Crippen LogP contribution < -0.4 is 9.64 Å². The van der Waals surface area contributed by atoms with Gasteiger partial charge in [-0.2, -0.15) is 31.3 Å². The first-order valence-electron chi connectivity index (χ1n) is 6.91. The first kappa shape index (κ1) is 18.8. The number of halogens is 6. The number of nitrogens with zero attached hydrogens (tertiary/aromatic N) is 3. The molecule has 0 bridgehead atoms. The van der Waals surface area contributed by atoms with E-state index >= 15 is 0 Å². The number of ether oxygens (including phenoxy) is 1. The monoisotopic (exact) mass is 365 g/mol. The molecule has 2 aromatic rings. The van der Waals surface area contributed by atoms with Crippen molar-refractivity contribution in [2.24, 2.45) is 0 Å². The minimum atomic E-state index is -4.94. The second-order valence-electron chi connectivity index (χ2n) is 5.19. The smallest absolute Gasteiger partial charge is 0.423 e. The molecule has 0 fully saturated rings. The summed E-state index contributed by atoms with van der Waals surface area (Å²) >= 11 is 0. The number of hydrogen-bond donors (Lipinski definition) is 0. The summed E-state index contributed by atoms with van der Waals surface area (Å²) in [6, 6.07) is 6.87. The van der Waals surface area contributed by atoms with E-state index in [0.29, 0.717) is 11.9 Å². The van der Waals surface area contributed by atoms with Gasteiger partial charge < -0.3 is 9.64 Å². The lowest BCUT2D eigenvalue weighted by molar-refractivity contribution is -0.159. The SMILES string of the molecule is Cc1ccc(N(C)c2ncc(C(F)(F)F)c(OCC(F)(F)F)n2)cc1. The van der Waals surface area contributed by atoms with Gasteiger partial charge in [0, 0.05) is 18.9 Å². The van der Waals surface area contributed by atoms with Crippen LogP contribution in [0.2, 0.25) is 0 Å². The fourth-order valence-corrected chi connectivity index (χ4v) is 1.86. The average molecular weight is 365 g/mol. The van der Waals surface area contributed by atoms with Crippen LogP contribution in [0.25, 0.3) is 0 Å². The van der Waals surface area contributed by atoms with Crippen LogP contribution in [0.3, 0.4) is 0 Å². The van der Waals surface area contributed by atoms with Crippen molar-refractivity contribution in [1.82, 2.24) is 9.97 Å². The van der Waals surface area contributed by atoms with Crippen molar-refractivity contribution in [1.29, 1.82) is 0 Å². The molecule has 0 aliphatic carbocycles. The predicted octanol–water partition coefficient (Wildman–Crippen LogP) is 4.51. The van der Waals surface area contributed by atoms with Gasteiger partial charge in [-0.25, -0.2) is 4.98 Å². The maximum atomic E-state index is 12.9. The molecule has 0 aliphatic rings. The Balaban J connectivity index is 2.38. The van der Waals surface area contributed by atoms with Crippen LogP contribution in [-0.4, -0.2) is 29.8 Å². The third-order valence-corrected chi connectivity index (χ3v) is 3.14. The largest absolute Gasteiger partial charge is 0.467 e. The molecular weight excluding hydrogens is 352 g/mol. The maximum Gasteiger partial charge on any atom is 0.423 e. The number of rotatable bonds is 4. The van der Waals surface area contributed by atoms with E-state index in [-0.39, 0.29) is 5.95 Å². The van der Waals surface area contributed by atoms with Crippen LogP contribution in [-0.2, 0) is 6.18 Å². The highest BCUT2D eigenvalue weighted by Crippen LogP contribution is 2.36. The highest BCUT2D eigenvalue weighted by atomic mass is 19.4. The summed E-state index contributed by atoms with van der Waals surface area (Å²) in [5.41, 5.74) is 0.0321. The molecule has 0 saturated carbocycles. The van der Waals surface area contributed by atoms with Gasteiger partial charge in [-0.05, 0) is 19.1 Å². The lowest BCUT2D eigenvalue weighted by atomic mass is 10.2.